The summed E-state index contributed by atoms with van der Waals surface area (Å²) in [5.74, 6) is 0. The third-order valence-electron chi connectivity index (χ3n) is 3.79. The molecule has 2 nitrogen and oxygen atoms in total. The highest BCUT2D eigenvalue weighted by Gasteiger charge is 2.36. The molecule has 1 aliphatic rings. The minimum absolute atomic E-state index is 0.227. The van der Waals surface area contributed by atoms with E-state index in [1.807, 2.05) is 0 Å². The molecule has 0 bridgehead atoms. The molecule has 0 aromatic heterocycles. The van der Waals surface area contributed by atoms with Gasteiger partial charge in [0.2, 0.25) is 0 Å². The number of benzene rings is 1. The first-order chi connectivity index (χ1) is 7.82. The van der Waals surface area contributed by atoms with E-state index in [2.05, 4.69) is 24.3 Å². The van der Waals surface area contributed by atoms with Gasteiger partial charge < -0.3 is 10.5 Å². The van der Waals surface area contributed by atoms with Crippen LogP contribution in [0.2, 0.25) is 0 Å². The average Bonchev–Trinajstić information content (AvgIpc) is 2.79. The Kier molecular flexibility index (Phi) is 3.62. The Morgan fingerprint density at radius 3 is 2.56 bits per heavy atom. The van der Waals surface area contributed by atoms with Crippen molar-refractivity contribution in [1.82, 2.24) is 0 Å². The zero-order chi connectivity index (χ0) is 11.4. The maximum atomic E-state index is 5.83. The smallest absolute Gasteiger partial charge is 0.0559 e. The molecule has 2 rings (SSSR count). The van der Waals surface area contributed by atoms with E-state index in [-0.39, 0.29) is 5.41 Å². The number of nitrogens with two attached hydrogens (primary N) is 1. The van der Waals surface area contributed by atoms with Crippen LogP contribution in [0, 0.1) is 0 Å². The minimum Gasteiger partial charge on any atom is -0.384 e. The molecule has 0 unspecified atom stereocenters. The number of ether oxygens (including phenoxy) is 1. The molecule has 0 radical (unpaired) electrons. The minimum atomic E-state index is 0.227. The Morgan fingerprint density at radius 1 is 1.25 bits per heavy atom. The molecule has 1 aromatic carbocycles. The van der Waals surface area contributed by atoms with E-state index in [9.17, 15) is 0 Å². The lowest BCUT2D eigenvalue weighted by Gasteiger charge is -2.30. The maximum absolute atomic E-state index is 5.83. The summed E-state index contributed by atoms with van der Waals surface area (Å²) in [6.07, 6.45) is 5.08. The van der Waals surface area contributed by atoms with E-state index in [1.54, 1.807) is 7.11 Å². The Bertz CT molecular complexity index is 342. The van der Waals surface area contributed by atoms with Gasteiger partial charge in [-0.05, 0) is 24.0 Å². The van der Waals surface area contributed by atoms with Gasteiger partial charge in [0.25, 0.3) is 0 Å². The Hall–Kier alpha value is -0.860. The summed E-state index contributed by atoms with van der Waals surface area (Å²) in [6, 6.07) is 8.56. The van der Waals surface area contributed by atoms with Gasteiger partial charge in [-0.2, -0.15) is 0 Å². The molecular weight excluding hydrogens is 198 g/mol. The lowest BCUT2D eigenvalue weighted by Crippen LogP contribution is -2.29. The fourth-order valence-corrected chi connectivity index (χ4v) is 3.04. The van der Waals surface area contributed by atoms with E-state index in [4.69, 9.17) is 10.5 Å². The van der Waals surface area contributed by atoms with Gasteiger partial charge in [0.05, 0.1) is 6.61 Å². The topological polar surface area (TPSA) is 35.2 Å². The lowest BCUT2D eigenvalue weighted by molar-refractivity contribution is 0.131. The van der Waals surface area contributed by atoms with Crippen LogP contribution >= 0.6 is 0 Å². The van der Waals surface area contributed by atoms with Crippen molar-refractivity contribution in [1.29, 1.82) is 0 Å². The van der Waals surface area contributed by atoms with Gasteiger partial charge in [-0.25, -0.2) is 0 Å². The standard InChI is InChI=1S/C14H21NO/c1-16-11-14(8-4-5-9-14)13-7-3-2-6-12(13)10-15/h2-3,6-7H,4-5,8-11,15H2,1H3. The largest absolute Gasteiger partial charge is 0.384 e. The van der Waals surface area contributed by atoms with Gasteiger partial charge in [-0.15, -0.1) is 0 Å². The Morgan fingerprint density at radius 2 is 1.94 bits per heavy atom. The van der Waals surface area contributed by atoms with Crippen molar-refractivity contribution in [3.8, 4) is 0 Å². The summed E-state index contributed by atoms with van der Waals surface area (Å²) >= 11 is 0. The third kappa shape index (κ3) is 2.00. The van der Waals surface area contributed by atoms with Crippen molar-refractivity contribution < 1.29 is 4.74 Å². The fourth-order valence-electron chi connectivity index (χ4n) is 3.04. The highest BCUT2D eigenvalue weighted by Crippen LogP contribution is 2.42. The molecule has 1 fully saturated rings. The van der Waals surface area contributed by atoms with Crippen LogP contribution in [0.3, 0.4) is 0 Å². The molecule has 16 heavy (non-hydrogen) atoms. The molecule has 2 N–H and O–H groups in total. The maximum Gasteiger partial charge on any atom is 0.0559 e. The van der Waals surface area contributed by atoms with Crippen LogP contribution in [0.15, 0.2) is 24.3 Å². The molecule has 1 saturated carbocycles. The zero-order valence-corrected chi connectivity index (χ0v) is 10.0. The zero-order valence-electron chi connectivity index (χ0n) is 10.0. The van der Waals surface area contributed by atoms with Gasteiger partial charge in [0, 0.05) is 19.1 Å². The van der Waals surface area contributed by atoms with Crippen molar-refractivity contribution in [3.63, 3.8) is 0 Å². The van der Waals surface area contributed by atoms with Crippen LogP contribution in [-0.4, -0.2) is 13.7 Å². The summed E-state index contributed by atoms with van der Waals surface area (Å²) in [5.41, 5.74) is 8.75. The van der Waals surface area contributed by atoms with Crippen molar-refractivity contribution >= 4 is 0 Å². The number of hydrogen-bond acceptors (Lipinski definition) is 2. The molecule has 0 atom stereocenters. The third-order valence-corrected chi connectivity index (χ3v) is 3.79. The second-order valence-corrected chi connectivity index (χ2v) is 4.78. The quantitative estimate of drug-likeness (QED) is 0.844. The molecule has 1 aromatic rings. The lowest BCUT2D eigenvalue weighted by atomic mass is 9.77. The first-order valence-corrected chi connectivity index (χ1v) is 6.10. The molecule has 0 aliphatic heterocycles. The summed E-state index contributed by atoms with van der Waals surface area (Å²) in [4.78, 5) is 0. The molecule has 1 aliphatic carbocycles. The molecule has 0 amide bonds. The Balaban J connectivity index is 2.38. The van der Waals surface area contributed by atoms with E-state index in [0.717, 1.165) is 6.61 Å². The summed E-state index contributed by atoms with van der Waals surface area (Å²) in [6.45, 7) is 1.45. The van der Waals surface area contributed by atoms with Crippen molar-refractivity contribution in [3.05, 3.63) is 35.4 Å². The average molecular weight is 219 g/mol. The van der Waals surface area contributed by atoms with Gasteiger partial charge in [0.15, 0.2) is 0 Å². The van der Waals surface area contributed by atoms with Crippen LogP contribution < -0.4 is 5.73 Å². The number of methoxy groups -OCH3 is 1. The van der Waals surface area contributed by atoms with E-state index in [1.165, 1.54) is 36.8 Å². The molecule has 0 spiro atoms. The summed E-state index contributed by atoms with van der Waals surface area (Å²) in [7, 11) is 1.80. The highest BCUT2D eigenvalue weighted by atomic mass is 16.5. The summed E-state index contributed by atoms with van der Waals surface area (Å²) < 4.78 is 5.44. The van der Waals surface area contributed by atoms with Gasteiger partial charge in [-0.3, -0.25) is 0 Å². The van der Waals surface area contributed by atoms with Gasteiger partial charge in [-0.1, -0.05) is 37.1 Å². The SMILES string of the molecule is COCC1(c2ccccc2CN)CCCC1. The van der Waals surface area contributed by atoms with Crippen LogP contribution in [0.25, 0.3) is 0 Å². The fraction of sp³-hybridized carbons (Fsp3) is 0.571. The molecule has 88 valence electrons. The summed E-state index contributed by atoms with van der Waals surface area (Å²) in [5, 5.41) is 0. The second-order valence-electron chi connectivity index (χ2n) is 4.78. The van der Waals surface area contributed by atoms with Crippen LogP contribution in [-0.2, 0) is 16.7 Å². The van der Waals surface area contributed by atoms with Crippen molar-refractivity contribution in [2.24, 2.45) is 5.73 Å². The van der Waals surface area contributed by atoms with Gasteiger partial charge in [0.1, 0.15) is 0 Å². The molecular formula is C14H21NO. The number of hydrogen-bond donors (Lipinski definition) is 1. The van der Waals surface area contributed by atoms with E-state index < -0.39 is 0 Å². The molecule has 0 saturated heterocycles. The van der Waals surface area contributed by atoms with Crippen LogP contribution in [0.1, 0.15) is 36.8 Å². The molecule has 0 heterocycles. The first-order valence-electron chi connectivity index (χ1n) is 6.10. The first kappa shape index (κ1) is 11.6. The van der Waals surface area contributed by atoms with Gasteiger partial charge >= 0.3 is 0 Å². The predicted octanol–water partition coefficient (Wildman–Crippen LogP) is 2.60. The monoisotopic (exact) mass is 219 g/mol. The second kappa shape index (κ2) is 4.98. The van der Waals surface area contributed by atoms with Crippen LogP contribution in [0.5, 0.6) is 0 Å². The number of rotatable bonds is 4. The normalized spacial score (nSPS) is 18.9. The predicted molar refractivity (Wildman–Crippen MR) is 66.4 cm³/mol. The van der Waals surface area contributed by atoms with Crippen LogP contribution in [0.4, 0.5) is 0 Å². The Labute approximate surface area is 97.8 Å². The van der Waals surface area contributed by atoms with Crippen molar-refractivity contribution in [2.45, 2.75) is 37.6 Å². The van der Waals surface area contributed by atoms with E-state index >= 15 is 0 Å². The van der Waals surface area contributed by atoms with E-state index in [0.29, 0.717) is 6.54 Å². The highest BCUT2D eigenvalue weighted by molar-refractivity contribution is 5.35. The van der Waals surface area contributed by atoms with Crippen molar-refractivity contribution in [2.75, 3.05) is 13.7 Å². The molecule has 2 heteroatoms.